The van der Waals surface area contributed by atoms with Gasteiger partial charge in [0.1, 0.15) is 11.4 Å². The molecule has 0 atom stereocenters. The Morgan fingerprint density at radius 1 is 1.16 bits per heavy atom. The summed E-state index contributed by atoms with van der Waals surface area (Å²) in [5.41, 5.74) is 2.56. The van der Waals surface area contributed by atoms with Gasteiger partial charge in [0.2, 0.25) is 5.91 Å². The van der Waals surface area contributed by atoms with Gasteiger partial charge in [0.05, 0.1) is 5.39 Å². The first-order chi connectivity index (χ1) is 15.1. The lowest BCUT2D eigenvalue weighted by Gasteiger charge is -2.16. The molecule has 0 bridgehead atoms. The van der Waals surface area contributed by atoms with Gasteiger partial charge in [-0.1, -0.05) is 37.3 Å². The molecule has 1 amide bonds. The minimum atomic E-state index is -0.300. The Morgan fingerprint density at radius 2 is 1.90 bits per heavy atom. The molecule has 1 aliphatic rings. The first kappa shape index (κ1) is 19.9. The summed E-state index contributed by atoms with van der Waals surface area (Å²) in [5.74, 6) is 0.605. The van der Waals surface area contributed by atoms with Crippen LogP contribution >= 0.6 is 11.3 Å². The van der Waals surface area contributed by atoms with Gasteiger partial charge in [-0.15, -0.1) is 16.4 Å². The molecule has 0 saturated carbocycles. The maximum Gasteiger partial charge on any atom is 0.352 e. The second-order valence-electron chi connectivity index (χ2n) is 8.05. The number of aryl methyl sites for hydroxylation is 2. The molecule has 0 aliphatic carbocycles. The van der Waals surface area contributed by atoms with Crippen LogP contribution in [0.15, 0.2) is 35.1 Å². The number of hydrogen-bond donors (Lipinski definition) is 0. The number of likely N-dealkylation sites (tertiary alicyclic amines) is 1. The zero-order valence-corrected chi connectivity index (χ0v) is 18.6. The van der Waals surface area contributed by atoms with Crippen LogP contribution in [0.4, 0.5) is 0 Å². The molecule has 0 radical (unpaired) electrons. The highest BCUT2D eigenvalue weighted by Gasteiger charge is 2.24. The fourth-order valence-corrected chi connectivity index (χ4v) is 5.68. The molecule has 5 rings (SSSR count). The second kappa shape index (κ2) is 7.92. The van der Waals surface area contributed by atoms with Crippen LogP contribution in [0.3, 0.4) is 0 Å². The van der Waals surface area contributed by atoms with E-state index in [9.17, 15) is 9.59 Å². The molecule has 4 aromatic rings. The summed E-state index contributed by atoms with van der Waals surface area (Å²) in [7, 11) is 0. The van der Waals surface area contributed by atoms with Crippen molar-refractivity contribution in [3.05, 3.63) is 62.6 Å². The SMILES string of the molecule is CCc1c(C)sc2c1c1nc(Cc3ccccc3)nn1c(=O)n2CC(=O)N1CCCC1. The van der Waals surface area contributed by atoms with Gasteiger partial charge in [-0.05, 0) is 37.3 Å². The number of carbonyl (C=O) groups excluding carboxylic acids is 1. The van der Waals surface area contributed by atoms with E-state index >= 15 is 0 Å². The summed E-state index contributed by atoms with van der Waals surface area (Å²) < 4.78 is 2.99. The molecule has 31 heavy (non-hydrogen) atoms. The van der Waals surface area contributed by atoms with E-state index < -0.39 is 0 Å². The zero-order chi connectivity index (χ0) is 21.5. The standard InChI is InChI=1S/C23H25N5O2S/c1-3-17-15(2)31-22-20(17)21-24-18(13-16-9-5-4-6-10-16)25-28(21)23(30)27(22)14-19(29)26-11-7-8-12-26/h4-6,9-10H,3,7-8,11-14H2,1-2H3. The predicted molar refractivity (Wildman–Crippen MR) is 122 cm³/mol. The molecule has 1 aromatic carbocycles. The van der Waals surface area contributed by atoms with Gasteiger partial charge in [0.25, 0.3) is 0 Å². The normalized spacial score (nSPS) is 14.2. The summed E-state index contributed by atoms with van der Waals surface area (Å²) >= 11 is 1.57. The molecule has 1 fully saturated rings. The second-order valence-corrected chi connectivity index (χ2v) is 9.26. The van der Waals surface area contributed by atoms with Gasteiger partial charge < -0.3 is 4.90 Å². The number of nitrogens with zero attached hydrogens (tertiary/aromatic N) is 5. The zero-order valence-electron chi connectivity index (χ0n) is 17.8. The third-order valence-corrected chi connectivity index (χ3v) is 7.20. The van der Waals surface area contributed by atoms with Crippen molar-refractivity contribution < 1.29 is 4.79 Å². The Bertz CT molecular complexity index is 1330. The maximum atomic E-state index is 13.4. The van der Waals surface area contributed by atoms with Crippen LogP contribution < -0.4 is 5.69 Å². The number of fused-ring (bicyclic) bond motifs is 3. The largest absolute Gasteiger partial charge is 0.352 e. The Morgan fingerprint density at radius 3 is 2.61 bits per heavy atom. The molecule has 0 spiro atoms. The van der Waals surface area contributed by atoms with Crippen molar-refractivity contribution in [3.8, 4) is 0 Å². The van der Waals surface area contributed by atoms with Gasteiger partial charge in [-0.3, -0.25) is 9.36 Å². The van der Waals surface area contributed by atoms with E-state index in [-0.39, 0.29) is 18.1 Å². The molecule has 160 valence electrons. The van der Waals surface area contributed by atoms with Crippen molar-refractivity contribution in [3.63, 3.8) is 0 Å². The fraction of sp³-hybridized carbons (Fsp3) is 0.391. The lowest BCUT2D eigenvalue weighted by atomic mass is 10.1. The Kier molecular flexibility index (Phi) is 5.09. The molecule has 1 saturated heterocycles. The number of thiophene rings is 1. The smallest absolute Gasteiger partial charge is 0.341 e. The van der Waals surface area contributed by atoms with Crippen LogP contribution in [0.25, 0.3) is 15.9 Å². The average molecular weight is 436 g/mol. The first-order valence-electron chi connectivity index (χ1n) is 10.8. The van der Waals surface area contributed by atoms with Crippen molar-refractivity contribution in [2.45, 2.75) is 46.1 Å². The van der Waals surface area contributed by atoms with E-state index in [4.69, 9.17) is 4.98 Å². The van der Waals surface area contributed by atoms with E-state index in [1.807, 2.05) is 35.2 Å². The summed E-state index contributed by atoms with van der Waals surface area (Å²) in [4.78, 5) is 34.9. The predicted octanol–water partition coefficient (Wildman–Crippen LogP) is 3.19. The monoisotopic (exact) mass is 435 g/mol. The van der Waals surface area contributed by atoms with Gasteiger partial charge in [0.15, 0.2) is 11.5 Å². The van der Waals surface area contributed by atoms with Gasteiger partial charge in [0, 0.05) is 24.4 Å². The van der Waals surface area contributed by atoms with E-state index in [0.29, 0.717) is 17.9 Å². The molecular weight excluding hydrogens is 410 g/mol. The number of benzene rings is 1. The van der Waals surface area contributed by atoms with Crippen molar-refractivity contribution in [2.24, 2.45) is 0 Å². The highest BCUT2D eigenvalue weighted by Crippen LogP contribution is 2.33. The average Bonchev–Trinajstić information content (AvgIpc) is 3.50. The number of carbonyl (C=O) groups is 1. The van der Waals surface area contributed by atoms with E-state index in [1.165, 1.54) is 10.1 Å². The van der Waals surface area contributed by atoms with Crippen molar-refractivity contribution in [2.75, 3.05) is 13.1 Å². The van der Waals surface area contributed by atoms with Gasteiger partial charge >= 0.3 is 5.69 Å². The number of rotatable bonds is 5. The van der Waals surface area contributed by atoms with Gasteiger partial charge in [-0.2, -0.15) is 4.52 Å². The van der Waals surface area contributed by atoms with Crippen LogP contribution in [-0.2, 0) is 24.2 Å². The van der Waals surface area contributed by atoms with Crippen LogP contribution in [0, 0.1) is 6.92 Å². The number of aromatic nitrogens is 4. The minimum absolute atomic E-state index is 0.00558. The molecule has 8 heteroatoms. The summed E-state index contributed by atoms with van der Waals surface area (Å²) in [6.45, 7) is 5.76. The molecule has 3 aromatic heterocycles. The lowest BCUT2D eigenvalue weighted by molar-refractivity contribution is -0.130. The van der Waals surface area contributed by atoms with Crippen LogP contribution in [0.5, 0.6) is 0 Å². The fourth-order valence-electron chi connectivity index (χ4n) is 4.45. The molecule has 0 unspecified atom stereocenters. The highest BCUT2D eigenvalue weighted by atomic mass is 32.1. The Hall–Kier alpha value is -3.00. The quantitative estimate of drug-likeness (QED) is 0.483. The molecule has 0 N–H and O–H groups in total. The van der Waals surface area contributed by atoms with Crippen LogP contribution in [0.2, 0.25) is 0 Å². The van der Waals surface area contributed by atoms with Crippen molar-refractivity contribution in [1.82, 2.24) is 24.1 Å². The van der Waals surface area contributed by atoms with Crippen LogP contribution in [-0.4, -0.2) is 43.1 Å². The number of hydrogen-bond acceptors (Lipinski definition) is 5. The summed E-state index contributed by atoms with van der Waals surface area (Å²) in [6.07, 6.45) is 3.44. The third-order valence-electron chi connectivity index (χ3n) is 6.03. The molecule has 7 nitrogen and oxygen atoms in total. The first-order valence-corrected chi connectivity index (χ1v) is 11.6. The van der Waals surface area contributed by atoms with Crippen molar-refractivity contribution >= 4 is 33.1 Å². The maximum absolute atomic E-state index is 13.4. The Labute approximate surface area is 183 Å². The molecule has 1 aliphatic heterocycles. The van der Waals surface area contributed by atoms with Crippen molar-refractivity contribution in [1.29, 1.82) is 0 Å². The van der Waals surface area contributed by atoms with E-state index in [0.717, 1.165) is 53.0 Å². The summed E-state index contributed by atoms with van der Waals surface area (Å²) in [5, 5.41) is 5.51. The molecule has 4 heterocycles. The topological polar surface area (TPSA) is 72.5 Å². The minimum Gasteiger partial charge on any atom is -0.341 e. The third kappa shape index (κ3) is 3.44. The molecular formula is C23H25N5O2S. The van der Waals surface area contributed by atoms with E-state index in [2.05, 4.69) is 18.9 Å². The summed E-state index contributed by atoms with van der Waals surface area (Å²) in [6, 6.07) is 10.00. The van der Waals surface area contributed by atoms with Gasteiger partial charge in [-0.25, -0.2) is 9.78 Å². The highest BCUT2D eigenvalue weighted by molar-refractivity contribution is 7.19. The Balaban J connectivity index is 1.68. The van der Waals surface area contributed by atoms with E-state index in [1.54, 1.807) is 15.9 Å². The van der Waals surface area contributed by atoms with Crippen LogP contribution in [0.1, 0.15) is 41.6 Å². The lowest BCUT2D eigenvalue weighted by Crippen LogP contribution is -2.36. The number of amides is 1.